The van der Waals surface area contributed by atoms with Gasteiger partial charge in [0, 0.05) is 30.9 Å². The van der Waals surface area contributed by atoms with Gasteiger partial charge in [-0.05, 0) is 31.2 Å². The molecule has 132 valence electrons. The number of anilines is 2. The quantitative estimate of drug-likeness (QED) is 0.788. The molecule has 1 amide bonds. The zero-order chi connectivity index (χ0) is 17.9. The number of fused-ring (bicyclic) bond motifs is 1. The monoisotopic (exact) mass is 348 g/mol. The van der Waals surface area contributed by atoms with Crippen LogP contribution in [0, 0.1) is 6.92 Å². The molecule has 2 aromatic heterocycles. The van der Waals surface area contributed by atoms with E-state index in [1.54, 1.807) is 12.4 Å². The van der Waals surface area contributed by atoms with Crippen LogP contribution in [0.2, 0.25) is 0 Å². The number of morpholine rings is 1. The van der Waals surface area contributed by atoms with Crippen LogP contribution in [0.3, 0.4) is 0 Å². The Kier molecular flexibility index (Phi) is 4.50. The van der Waals surface area contributed by atoms with Gasteiger partial charge in [0.05, 0.1) is 41.4 Å². The average molecular weight is 348 g/mol. The fourth-order valence-electron chi connectivity index (χ4n) is 3.19. The number of benzene rings is 1. The molecule has 0 aliphatic carbocycles. The van der Waals surface area contributed by atoms with Crippen molar-refractivity contribution in [2.45, 2.75) is 6.92 Å². The van der Waals surface area contributed by atoms with Crippen LogP contribution in [0.1, 0.15) is 16.1 Å². The number of aryl methyl sites for hydroxylation is 1. The summed E-state index contributed by atoms with van der Waals surface area (Å²) in [6.45, 7) is 4.87. The van der Waals surface area contributed by atoms with Gasteiger partial charge in [-0.3, -0.25) is 14.8 Å². The van der Waals surface area contributed by atoms with Gasteiger partial charge in [-0.2, -0.15) is 0 Å². The van der Waals surface area contributed by atoms with E-state index >= 15 is 0 Å². The molecule has 0 saturated carbocycles. The van der Waals surface area contributed by atoms with E-state index < -0.39 is 0 Å². The van der Waals surface area contributed by atoms with Gasteiger partial charge in [-0.1, -0.05) is 12.1 Å². The zero-order valence-corrected chi connectivity index (χ0v) is 14.6. The summed E-state index contributed by atoms with van der Waals surface area (Å²) in [6.07, 6.45) is 3.42. The number of nitrogens with one attached hydrogen (secondary N) is 1. The highest BCUT2D eigenvalue weighted by Crippen LogP contribution is 2.27. The largest absolute Gasteiger partial charge is 0.378 e. The van der Waals surface area contributed by atoms with Crippen LogP contribution in [-0.4, -0.2) is 42.2 Å². The molecule has 0 unspecified atom stereocenters. The minimum absolute atomic E-state index is 0.165. The molecule has 1 aliphatic rings. The summed E-state index contributed by atoms with van der Waals surface area (Å²) in [5.41, 5.74) is 3.90. The molecule has 1 N–H and O–H groups in total. The number of nitrogens with zero attached hydrogens (tertiary/aromatic N) is 3. The smallest absolute Gasteiger partial charge is 0.257 e. The number of ether oxygens (including phenoxy) is 1. The van der Waals surface area contributed by atoms with E-state index in [-0.39, 0.29) is 5.91 Å². The highest BCUT2D eigenvalue weighted by molar-refractivity contribution is 6.08. The Balaban J connectivity index is 1.64. The van der Waals surface area contributed by atoms with Crippen molar-refractivity contribution in [1.82, 2.24) is 9.97 Å². The Bertz CT molecular complexity index is 951. The summed E-state index contributed by atoms with van der Waals surface area (Å²) in [5.74, 6) is -0.165. The molecule has 3 aromatic rings. The van der Waals surface area contributed by atoms with Crippen molar-refractivity contribution in [2.24, 2.45) is 0 Å². The van der Waals surface area contributed by atoms with Crippen molar-refractivity contribution < 1.29 is 9.53 Å². The van der Waals surface area contributed by atoms with Gasteiger partial charge in [0.15, 0.2) is 0 Å². The number of hydrogen-bond donors (Lipinski definition) is 1. The van der Waals surface area contributed by atoms with Crippen LogP contribution < -0.4 is 10.2 Å². The summed E-state index contributed by atoms with van der Waals surface area (Å²) in [6, 6.07) is 11.5. The van der Waals surface area contributed by atoms with E-state index in [1.807, 2.05) is 43.3 Å². The first-order chi connectivity index (χ1) is 12.7. The lowest BCUT2D eigenvalue weighted by Gasteiger charge is -2.30. The fourth-order valence-corrected chi connectivity index (χ4v) is 3.19. The van der Waals surface area contributed by atoms with Crippen molar-refractivity contribution in [1.29, 1.82) is 0 Å². The number of para-hydroxylation sites is 2. The summed E-state index contributed by atoms with van der Waals surface area (Å²) in [4.78, 5) is 23.8. The second kappa shape index (κ2) is 7.09. The van der Waals surface area contributed by atoms with Gasteiger partial charge < -0.3 is 15.0 Å². The molecule has 0 atom stereocenters. The molecule has 1 fully saturated rings. The zero-order valence-electron chi connectivity index (χ0n) is 14.6. The van der Waals surface area contributed by atoms with Crippen LogP contribution in [-0.2, 0) is 4.74 Å². The third-order valence-corrected chi connectivity index (χ3v) is 4.55. The van der Waals surface area contributed by atoms with Gasteiger partial charge in [0.2, 0.25) is 0 Å². The minimum Gasteiger partial charge on any atom is -0.378 e. The van der Waals surface area contributed by atoms with Gasteiger partial charge in [-0.25, -0.2) is 0 Å². The Morgan fingerprint density at radius 1 is 1.19 bits per heavy atom. The second-order valence-electron chi connectivity index (χ2n) is 6.26. The first kappa shape index (κ1) is 16.5. The molecule has 1 saturated heterocycles. The van der Waals surface area contributed by atoms with Gasteiger partial charge in [0.1, 0.15) is 0 Å². The Morgan fingerprint density at radius 2 is 2.00 bits per heavy atom. The third kappa shape index (κ3) is 3.23. The number of amides is 1. The van der Waals surface area contributed by atoms with Crippen LogP contribution in [0.25, 0.3) is 10.9 Å². The molecule has 1 aromatic carbocycles. The fraction of sp³-hybridized carbons (Fsp3) is 0.250. The van der Waals surface area contributed by atoms with E-state index in [9.17, 15) is 4.79 Å². The van der Waals surface area contributed by atoms with Crippen molar-refractivity contribution in [3.63, 3.8) is 0 Å². The Hall–Kier alpha value is -2.99. The maximum absolute atomic E-state index is 12.9. The van der Waals surface area contributed by atoms with E-state index in [0.717, 1.165) is 35.4 Å². The lowest BCUT2D eigenvalue weighted by Crippen LogP contribution is -2.36. The Morgan fingerprint density at radius 3 is 2.85 bits per heavy atom. The highest BCUT2D eigenvalue weighted by Gasteiger charge is 2.17. The van der Waals surface area contributed by atoms with E-state index in [4.69, 9.17) is 4.74 Å². The maximum Gasteiger partial charge on any atom is 0.257 e. The van der Waals surface area contributed by atoms with Gasteiger partial charge in [-0.15, -0.1) is 0 Å². The van der Waals surface area contributed by atoms with Crippen molar-refractivity contribution in [3.05, 3.63) is 60.0 Å². The van der Waals surface area contributed by atoms with Crippen molar-refractivity contribution in [2.75, 3.05) is 36.5 Å². The predicted molar refractivity (Wildman–Crippen MR) is 102 cm³/mol. The molecule has 0 bridgehead atoms. The molecule has 0 spiro atoms. The predicted octanol–water partition coefficient (Wildman–Crippen LogP) is 3.03. The number of hydrogen-bond acceptors (Lipinski definition) is 5. The second-order valence-corrected chi connectivity index (χ2v) is 6.26. The molecule has 1 aliphatic heterocycles. The summed E-state index contributed by atoms with van der Waals surface area (Å²) < 4.78 is 5.42. The number of aromatic nitrogens is 2. The first-order valence-electron chi connectivity index (χ1n) is 8.67. The molecule has 0 radical (unpaired) electrons. The molecule has 4 rings (SSSR count). The Labute approximate surface area is 151 Å². The minimum atomic E-state index is -0.165. The molecule has 6 nitrogen and oxygen atoms in total. The van der Waals surface area contributed by atoms with Crippen LogP contribution in [0.15, 0.2) is 48.8 Å². The molecule has 26 heavy (non-hydrogen) atoms. The number of carbonyl (C=O) groups excluding carboxylic acids is 1. The third-order valence-electron chi connectivity index (χ3n) is 4.55. The molecular weight excluding hydrogens is 328 g/mol. The molecule has 6 heteroatoms. The van der Waals surface area contributed by atoms with Crippen molar-refractivity contribution in [3.8, 4) is 0 Å². The SMILES string of the molecule is Cc1nc2ccncc2cc1C(=O)Nc1ccccc1N1CCOCC1. The van der Waals surface area contributed by atoms with Gasteiger partial charge in [0.25, 0.3) is 5.91 Å². The van der Waals surface area contributed by atoms with Crippen LogP contribution in [0.5, 0.6) is 0 Å². The van der Waals surface area contributed by atoms with Crippen LogP contribution >= 0.6 is 0 Å². The number of rotatable bonds is 3. The standard InChI is InChI=1S/C20H20N4O2/c1-14-16(12-15-13-21-7-6-17(15)22-14)20(25)23-18-4-2-3-5-19(18)24-8-10-26-11-9-24/h2-7,12-13H,8-11H2,1H3,(H,23,25). The van der Waals surface area contributed by atoms with E-state index in [1.165, 1.54) is 0 Å². The summed E-state index contributed by atoms with van der Waals surface area (Å²) in [7, 11) is 0. The summed E-state index contributed by atoms with van der Waals surface area (Å²) in [5, 5.41) is 3.90. The van der Waals surface area contributed by atoms with E-state index in [2.05, 4.69) is 20.2 Å². The molecular formula is C20H20N4O2. The van der Waals surface area contributed by atoms with E-state index in [0.29, 0.717) is 24.5 Å². The lowest BCUT2D eigenvalue weighted by atomic mass is 10.1. The van der Waals surface area contributed by atoms with Crippen molar-refractivity contribution >= 4 is 28.2 Å². The first-order valence-corrected chi connectivity index (χ1v) is 8.67. The maximum atomic E-state index is 12.9. The lowest BCUT2D eigenvalue weighted by molar-refractivity contribution is 0.102. The van der Waals surface area contributed by atoms with Crippen LogP contribution in [0.4, 0.5) is 11.4 Å². The van der Waals surface area contributed by atoms with Gasteiger partial charge >= 0.3 is 0 Å². The average Bonchev–Trinajstić information content (AvgIpc) is 2.68. The molecule has 3 heterocycles. The number of pyridine rings is 2. The topological polar surface area (TPSA) is 67.4 Å². The normalized spacial score (nSPS) is 14.4. The summed E-state index contributed by atoms with van der Waals surface area (Å²) >= 11 is 0. The number of carbonyl (C=O) groups is 1. The highest BCUT2D eigenvalue weighted by atomic mass is 16.5.